The van der Waals surface area contributed by atoms with E-state index in [9.17, 15) is 9.59 Å². The fourth-order valence-corrected chi connectivity index (χ4v) is 1.97. The van der Waals surface area contributed by atoms with Crippen LogP contribution < -0.4 is 5.32 Å². The molecule has 0 bridgehead atoms. The molecule has 0 aliphatic rings. The number of H-pyrrole nitrogens is 1. The standard InChI is InChI=1S/C15H16N2O2/c1-9-4-10(2)6-13(5-9)17-15(19)14-7-12(8-16-14)11(3)18/h4-8,16H,1-3H3,(H,17,19). The molecule has 4 nitrogen and oxygen atoms in total. The first-order valence-electron chi connectivity index (χ1n) is 6.04. The molecule has 1 heterocycles. The lowest BCUT2D eigenvalue weighted by atomic mass is 10.1. The van der Waals surface area contributed by atoms with Crippen LogP contribution in [0.5, 0.6) is 0 Å². The first-order valence-corrected chi connectivity index (χ1v) is 6.04. The van der Waals surface area contributed by atoms with Gasteiger partial charge in [0.05, 0.1) is 0 Å². The van der Waals surface area contributed by atoms with Gasteiger partial charge >= 0.3 is 0 Å². The highest BCUT2D eigenvalue weighted by Gasteiger charge is 2.11. The number of aromatic amines is 1. The topological polar surface area (TPSA) is 62.0 Å². The fourth-order valence-electron chi connectivity index (χ4n) is 1.97. The van der Waals surface area contributed by atoms with E-state index >= 15 is 0 Å². The summed E-state index contributed by atoms with van der Waals surface area (Å²) in [5.41, 5.74) is 3.81. The van der Waals surface area contributed by atoms with E-state index in [-0.39, 0.29) is 11.7 Å². The zero-order valence-corrected chi connectivity index (χ0v) is 11.2. The monoisotopic (exact) mass is 256 g/mol. The number of hydrogen-bond acceptors (Lipinski definition) is 2. The Balaban J connectivity index is 2.18. The molecule has 0 aliphatic carbocycles. The largest absolute Gasteiger partial charge is 0.356 e. The lowest BCUT2D eigenvalue weighted by Gasteiger charge is -2.06. The summed E-state index contributed by atoms with van der Waals surface area (Å²) in [7, 11) is 0. The third kappa shape index (κ3) is 3.10. The van der Waals surface area contributed by atoms with E-state index in [0.29, 0.717) is 11.3 Å². The van der Waals surface area contributed by atoms with Crippen molar-refractivity contribution in [2.75, 3.05) is 5.32 Å². The van der Waals surface area contributed by atoms with Gasteiger partial charge in [-0.1, -0.05) is 6.07 Å². The smallest absolute Gasteiger partial charge is 0.272 e. The Morgan fingerprint density at radius 1 is 1.05 bits per heavy atom. The molecule has 0 atom stereocenters. The average molecular weight is 256 g/mol. The SMILES string of the molecule is CC(=O)c1c[nH]c(C(=O)Nc2cc(C)cc(C)c2)c1. The molecule has 0 saturated heterocycles. The van der Waals surface area contributed by atoms with E-state index in [4.69, 9.17) is 0 Å². The van der Waals surface area contributed by atoms with Crippen LogP contribution in [-0.2, 0) is 0 Å². The number of carbonyl (C=O) groups is 2. The average Bonchev–Trinajstić information content (AvgIpc) is 2.76. The molecule has 0 saturated carbocycles. The molecule has 2 aromatic rings. The van der Waals surface area contributed by atoms with Crippen LogP contribution in [0.25, 0.3) is 0 Å². The van der Waals surface area contributed by atoms with Gasteiger partial charge in [-0.25, -0.2) is 0 Å². The number of aromatic nitrogens is 1. The summed E-state index contributed by atoms with van der Waals surface area (Å²) in [5.74, 6) is -0.320. The van der Waals surface area contributed by atoms with Crippen LogP contribution in [0.3, 0.4) is 0 Å². The van der Waals surface area contributed by atoms with Crippen LogP contribution in [0, 0.1) is 13.8 Å². The Bertz CT molecular complexity index is 621. The molecule has 0 fully saturated rings. The van der Waals surface area contributed by atoms with Crippen molar-refractivity contribution in [3.8, 4) is 0 Å². The predicted molar refractivity (Wildman–Crippen MR) is 74.7 cm³/mol. The highest BCUT2D eigenvalue weighted by atomic mass is 16.2. The highest BCUT2D eigenvalue weighted by molar-refractivity contribution is 6.05. The van der Waals surface area contributed by atoms with Gasteiger partial charge in [-0.15, -0.1) is 0 Å². The van der Waals surface area contributed by atoms with E-state index in [0.717, 1.165) is 16.8 Å². The minimum absolute atomic E-state index is 0.0679. The molecule has 2 N–H and O–H groups in total. The number of carbonyl (C=O) groups excluding carboxylic acids is 2. The van der Waals surface area contributed by atoms with Gasteiger partial charge in [0.2, 0.25) is 0 Å². The number of nitrogens with one attached hydrogen (secondary N) is 2. The van der Waals surface area contributed by atoms with Crippen molar-refractivity contribution in [1.82, 2.24) is 4.98 Å². The maximum absolute atomic E-state index is 12.0. The maximum Gasteiger partial charge on any atom is 0.272 e. The summed E-state index contributed by atoms with van der Waals surface area (Å²) >= 11 is 0. The first kappa shape index (κ1) is 13.1. The van der Waals surface area contributed by atoms with Crippen LogP contribution >= 0.6 is 0 Å². The number of amides is 1. The van der Waals surface area contributed by atoms with Crippen molar-refractivity contribution in [2.45, 2.75) is 20.8 Å². The molecule has 0 radical (unpaired) electrons. The normalized spacial score (nSPS) is 10.3. The lowest BCUT2D eigenvalue weighted by molar-refractivity contribution is 0.101. The van der Waals surface area contributed by atoms with E-state index in [1.165, 1.54) is 6.92 Å². The van der Waals surface area contributed by atoms with Gasteiger partial charge in [-0.2, -0.15) is 0 Å². The number of Topliss-reactive ketones (excluding diaryl/α,β-unsaturated/α-hetero) is 1. The summed E-state index contributed by atoms with van der Waals surface area (Å²) in [4.78, 5) is 26.0. The quantitative estimate of drug-likeness (QED) is 0.829. The summed E-state index contributed by atoms with van der Waals surface area (Å²) in [5, 5.41) is 2.81. The van der Waals surface area contributed by atoms with E-state index in [2.05, 4.69) is 10.3 Å². The third-order valence-corrected chi connectivity index (χ3v) is 2.81. The van der Waals surface area contributed by atoms with Crippen molar-refractivity contribution >= 4 is 17.4 Å². The Hall–Kier alpha value is -2.36. The Morgan fingerprint density at radius 2 is 1.68 bits per heavy atom. The van der Waals surface area contributed by atoms with Gasteiger partial charge in [-0.3, -0.25) is 9.59 Å². The van der Waals surface area contributed by atoms with Crippen LogP contribution in [0.15, 0.2) is 30.5 Å². The molecule has 0 aliphatic heterocycles. The van der Waals surface area contributed by atoms with Gasteiger partial charge in [0, 0.05) is 17.4 Å². The maximum atomic E-state index is 12.0. The molecular formula is C15H16N2O2. The Morgan fingerprint density at radius 3 is 2.21 bits per heavy atom. The van der Waals surface area contributed by atoms with Gasteiger partial charge in [0.25, 0.3) is 5.91 Å². The number of rotatable bonds is 3. The number of benzene rings is 1. The Kier molecular flexibility index (Phi) is 3.51. The van der Waals surface area contributed by atoms with Crippen LogP contribution in [0.1, 0.15) is 38.9 Å². The first-order chi connectivity index (χ1) is 8.95. The van der Waals surface area contributed by atoms with Crippen molar-refractivity contribution in [1.29, 1.82) is 0 Å². The van der Waals surface area contributed by atoms with Crippen LogP contribution in [0.4, 0.5) is 5.69 Å². The van der Waals surface area contributed by atoms with Gasteiger partial charge < -0.3 is 10.3 Å². The summed E-state index contributed by atoms with van der Waals surface area (Å²) in [6, 6.07) is 7.40. The fraction of sp³-hybridized carbons (Fsp3) is 0.200. The summed E-state index contributed by atoms with van der Waals surface area (Å²) < 4.78 is 0. The zero-order chi connectivity index (χ0) is 14.0. The van der Waals surface area contributed by atoms with E-state index in [1.54, 1.807) is 12.3 Å². The number of ketones is 1. The van der Waals surface area contributed by atoms with Crippen LogP contribution in [0.2, 0.25) is 0 Å². The number of anilines is 1. The minimum Gasteiger partial charge on any atom is -0.356 e. The van der Waals surface area contributed by atoms with E-state index in [1.807, 2.05) is 32.0 Å². The lowest BCUT2D eigenvalue weighted by Crippen LogP contribution is -2.12. The third-order valence-electron chi connectivity index (χ3n) is 2.81. The van der Waals surface area contributed by atoms with Gasteiger partial charge in [-0.05, 0) is 50.1 Å². The number of hydrogen-bond donors (Lipinski definition) is 2. The minimum atomic E-state index is -0.252. The molecule has 0 unspecified atom stereocenters. The van der Waals surface area contributed by atoms with Crippen molar-refractivity contribution in [3.63, 3.8) is 0 Å². The molecular weight excluding hydrogens is 240 g/mol. The van der Waals surface area contributed by atoms with Crippen molar-refractivity contribution in [2.24, 2.45) is 0 Å². The summed E-state index contributed by atoms with van der Waals surface area (Å²) in [6.45, 7) is 5.42. The summed E-state index contributed by atoms with van der Waals surface area (Å²) in [6.07, 6.45) is 1.54. The molecule has 1 aromatic heterocycles. The van der Waals surface area contributed by atoms with E-state index < -0.39 is 0 Å². The molecule has 0 spiro atoms. The molecule has 2 rings (SSSR count). The second-order valence-corrected chi connectivity index (χ2v) is 4.69. The van der Waals surface area contributed by atoms with Crippen LogP contribution in [-0.4, -0.2) is 16.7 Å². The highest BCUT2D eigenvalue weighted by Crippen LogP contribution is 2.15. The molecule has 4 heteroatoms. The van der Waals surface area contributed by atoms with Crippen molar-refractivity contribution in [3.05, 3.63) is 52.8 Å². The molecule has 19 heavy (non-hydrogen) atoms. The number of aryl methyl sites for hydroxylation is 2. The molecule has 1 aromatic carbocycles. The molecule has 1 amide bonds. The Labute approximate surface area is 111 Å². The van der Waals surface area contributed by atoms with Gasteiger partial charge in [0.1, 0.15) is 5.69 Å². The zero-order valence-electron chi connectivity index (χ0n) is 11.2. The second-order valence-electron chi connectivity index (χ2n) is 4.69. The van der Waals surface area contributed by atoms with Crippen molar-refractivity contribution < 1.29 is 9.59 Å². The molecule has 98 valence electrons. The predicted octanol–water partition coefficient (Wildman–Crippen LogP) is 3.09. The van der Waals surface area contributed by atoms with Gasteiger partial charge in [0.15, 0.2) is 5.78 Å². The second kappa shape index (κ2) is 5.10.